The monoisotopic (exact) mass is 365 g/mol. The second-order valence-electron chi connectivity index (χ2n) is 5.66. The summed E-state index contributed by atoms with van der Waals surface area (Å²) in [5.74, 6) is 1.61. The Morgan fingerprint density at radius 2 is 2.12 bits per heavy atom. The van der Waals surface area contributed by atoms with Crippen molar-refractivity contribution >= 4 is 57.4 Å². The number of aryl methyl sites for hydroxylation is 1. The number of hydrogen-bond acceptors (Lipinski definition) is 5. The third kappa shape index (κ3) is 3.52. The minimum absolute atomic E-state index is 0.433. The topological polar surface area (TPSA) is 55.6 Å². The molecule has 0 unspecified atom stereocenters. The third-order valence-corrected chi connectivity index (χ3v) is 4.91. The summed E-state index contributed by atoms with van der Waals surface area (Å²) < 4.78 is 3.08. The Morgan fingerprint density at radius 1 is 1.24 bits per heavy atom. The van der Waals surface area contributed by atoms with Gasteiger partial charge in [0.15, 0.2) is 5.13 Å². The third-order valence-electron chi connectivity index (χ3n) is 3.78. The average molecular weight is 366 g/mol. The summed E-state index contributed by atoms with van der Waals surface area (Å²) in [5.41, 5.74) is 2.66. The lowest BCUT2D eigenvalue weighted by Gasteiger charge is -2.08. The van der Waals surface area contributed by atoms with Crippen LogP contribution in [0.15, 0.2) is 42.7 Å². The van der Waals surface area contributed by atoms with E-state index in [4.69, 9.17) is 19.4 Å². The molecule has 0 spiro atoms. The van der Waals surface area contributed by atoms with Crippen LogP contribution in [0, 0.1) is 6.92 Å². The maximum absolute atomic E-state index is 6.19. The van der Waals surface area contributed by atoms with Gasteiger partial charge in [-0.3, -0.25) is 0 Å². The molecule has 2 radical (unpaired) electrons. The van der Waals surface area contributed by atoms with Crippen molar-refractivity contribution in [2.24, 2.45) is 0 Å². The molecule has 0 aliphatic carbocycles. The summed E-state index contributed by atoms with van der Waals surface area (Å²) in [4.78, 5) is 13.1. The van der Waals surface area contributed by atoms with Crippen LogP contribution in [0.5, 0.6) is 0 Å². The predicted molar refractivity (Wildman–Crippen MR) is 104 cm³/mol. The van der Waals surface area contributed by atoms with Crippen LogP contribution in [0.25, 0.3) is 10.2 Å². The summed E-state index contributed by atoms with van der Waals surface area (Å²) in [7, 11) is 5.82. The molecule has 4 aromatic rings. The number of thiazole rings is 1. The second-order valence-corrected chi connectivity index (χ2v) is 7.07. The number of fused-ring (bicyclic) bond motifs is 1. The van der Waals surface area contributed by atoms with Gasteiger partial charge in [0.2, 0.25) is 0 Å². The van der Waals surface area contributed by atoms with Crippen LogP contribution >= 0.6 is 22.9 Å². The molecule has 0 saturated carbocycles. The Bertz CT molecular complexity index is 1060. The fourth-order valence-electron chi connectivity index (χ4n) is 2.58. The zero-order chi connectivity index (χ0) is 17.4. The van der Waals surface area contributed by atoms with Crippen molar-refractivity contribution in [3.63, 3.8) is 0 Å². The van der Waals surface area contributed by atoms with E-state index in [0.717, 1.165) is 32.2 Å². The molecule has 0 fully saturated rings. The molecule has 0 aliphatic heterocycles. The van der Waals surface area contributed by atoms with E-state index in [1.165, 1.54) is 11.3 Å². The summed E-state index contributed by atoms with van der Waals surface area (Å²) in [6.07, 6.45) is 3.72. The number of benzene rings is 1. The van der Waals surface area contributed by atoms with Gasteiger partial charge in [0.05, 0.1) is 10.2 Å². The Kier molecular flexibility index (Phi) is 4.19. The molecule has 1 N–H and O–H groups in total. The van der Waals surface area contributed by atoms with Crippen LogP contribution in [0.2, 0.25) is 5.15 Å². The van der Waals surface area contributed by atoms with Crippen LogP contribution in [-0.2, 0) is 6.54 Å². The van der Waals surface area contributed by atoms with E-state index in [-0.39, 0.29) is 0 Å². The Morgan fingerprint density at radius 3 is 2.92 bits per heavy atom. The number of imidazole rings is 1. The number of aromatic nitrogens is 4. The van der Waals surface area contributed by atoms with Gasteiger partial charge in [0.1, 0.15) is 24.6 Å². The quantitative estimate of drug-likeness (QED) is 0.445. The zero-order valence-electron chi connectivity index (χ0n) is 13.4. The lowest BCUT2D eigenvalue weighted by molar-refractivity contribution is 0.761. The Balaban J connectivity index is 1.62. The van der Waals surface area contributed by atoms with Crippen molar-refractivity contribution in [3.05, 3.63) is 59.3 Å². The van der Waals surface area contributed by atoms with Crippen molar-refractivity contribution in [2.45, 2.75) is 13.5 Å². The number of hydrogen-bond donors (Lipinski definition) is 1. The van der Waals surface area contributed by atoms with Crippen LogP contribution < -0.4 is 10.8 Å². The van der Waals surface area contributed by atoms with E-state index in [0.29, 0.717) is 17.5 Å². The van der Waals surface area contributed by atoms with E-state index >= 15 is 0 Å². The predicted octanol–water partition coefficient (Wildman–Crippen LogP) is 3.44. The first-order valence-corrected chi connectivity index (χ1v) is 8.83. The summed E-state index contributed by atoms with van der Waals surface area (Å²) in [6, 6.07) is 9.48. The van der Waals surface area contributed by atoms with Crippen LogP contribution in [0.3, 0.4) is 0 Å². The molecule has 0 aliphatic rings. The first-order chi connectivity index (χ1) is 12.1. The summed E-state index contributed by atoms with van der Waals surface area (Å²) in [5, 5.41) is 4.42. The van der Waals surface area contributed by atoms with Crippen LogP contribution in [0.4, 0.5) is 10.9 Å². The van der Waals surface area contributed by atoms with Crippen molar-refractivity contribution in [3.8, 4) is 0 Å². The molecule has 1 aromatic carbocycles. The number of nitrogens with zero attached hydrogens (tertiary/aromatic N) is 4. The standard InChI is InChI=1S/C17H13BClN5S/c1-10-20-4-5-24(10)9-11-6-15(19)22-16(7-11)23-17-21-13-3-2-12(18)8-14(13)25-17/h2-8H,9H2,1H3,(H,21,22,23). The van der Waals surface area contributed by atoms with Crippen LogP contribution in [0.1, 0.15) is 11.4 Å². The van der Waals surface area contributed by atoms with Gasteiger partial charge in [-0.1, -0.05) is 34.5 Å². The fourth-order valence-corrected chi connectivity index (χ4v) is 3.73. The molecule has 5 nitrogen and oxygen atoms in total. The molecule has 4 rings (SSSR count). The summed E-state index contributed by atoms with van der Waals surface area (Å²) >= 11 is 7.71. The number of nitrogens with one attached hydrogen (secondary N) is 1. The van der Waals surface area contributed by atoms with Gasteiger partial charge in [-0.25, -0.2) is 15.0 Å². The van der Waals surface area contributed by atoms with E-state index in [9.17, 15) is 0 Å². The first kappa shape index (κ1) is 16.1. The number of pyridine rings is 1. The fraction of sp³-hybridized carbons (Fsp3) is 0.118. The van der Waals surface area contributed by atoms with Crippen molar-refractivity contribution < 1.29 is 0 Å². The highest BCUT2D eigenvalue weighted by molar-refractivity contribution is 7.22. The van der Waals surface area contributed by atoms with Gasteiger partial charge in [0, 0.05) is 18.9 Å². The summed E-state index contributed by atoms with van der Waals surface area (Å²) in [6.45, 7) is 2.65. The van der Waals surface area contributed by atoms with E-state index < -0.39 is 0 Å². The van der Waals surface area contributed by atoms with E-state index in [2.05, 4.69) is 24.8 Å². The molecule has 8 heteroatoms. The highest BCUT2D eigenvalue weighted by atomic mass is 35.5. The van der Waals surface area contributed by atoms with Gasteiger partial charge in [-0.05, 0) is 36.8 Å². The maximum Gasteiger partial charge on any atom is 0.189 e. The lowest BCUT2D eigenvalue weighted by atomic mass is 9.97. The maximum atomic E-state index is 6.19. The molecule has 25 heavy (non-hydrogen) atoms. The Labute approximate surface area is 155 Å². The SMILES string of the molecule is [B]c1ccc2nc(Nc3cc(Cn4ccnc4C)cc(Cl)n3)sc2c1. The molecule has 0 bridgehead atoms. The highest BCUT2D eigenvalue weighted by Crippen LogP contribution is 2.28. The number of anilines is 2. The smallest absolute Gasteiger partial charge is 0.189 e. The molecular formula is C17H13BClN5S. The molecule has 122 valence electrons. The minimum atomic E-state index is 0.433. The van der Waals surface area contributed by atoms with Crippen molar-refractivity contribution in [1.29, 1.82) is 0 Å². The minimum Gasteiger partial charge on any atom is -0.331 e. The number of halogens is 1. The Hall–Kier alpha value is -2.38. The van der Waals surface area contributed by atoms with Gasteiger partial charge < -0.3 is 9.88 Å². The van der Waals surface area contributed by atoms with Crippen molar-refractivity contribution in [1.82, 2.24) is 19.5 Å². The molecule has 3 aromatic heterocycles. The zero-order valence-corrected chi connectivity index (χ0v) is 15.0. The molecule has 0 amide bonds. The molecule has 0 atom stereocenters. The largest absolute Gasteiger partial charge is 0.331 e. The second kappa shape index (κ2) is 6.50. The lowest BCUT2D eigenvalue weighted by Crippen LogP contribution is -2.02. The molecule has 3 heterocycles. The van der Waals surface area contributed by atoms with Gasteiger partial charge >= 0.3 is 0 Å². The highest BCUT2D eigenvalue weighted by Gasteiger charge is 2.08. The normalized spacial score (nSPS) is 11.1. The van der Waals surface area contributed by atoms with Gasteiger partial charge in [-0.2, -0.15) is 0 Å². The molecule has 0 saturated heterocycles. The van der Waals surface area contributed by atoms with Gasteiger partial charge in [-0.15, -0.1) is 0 Å². The molecular weight excluding hydrogens is 353 g/mol. The van der Waals surface area contributed by atoms with Crippen LogP contribution in [-0.4, -0.2) is 27.4 Å². The van der Waals surface area contributed by atoms with E-state index in [1.54, 1.807) is 6.20 Å². The average Bonchev–Trinajstić information content (AvgIpc) is 3.12. The number of rotatable bonds is 4. The van der Waals surface area contributed by atoms with E-state index in [1.807, 2.05) is 43.5 Å². The van der Waals surface area contributed by atoms with Crippen molar-refractivity contribution in [2.75, 3.05) is 5.32 Å². The van der Waals surface area contributed by atoms with Gasteiger partial charge in [0.25, 0.3) is 0 Å². The first-order valence-electron chi connectivity index (χ1n) is 7.64.